The number of carbonyl (C=O) groups is 2. The zero-order valence-electron chi connectivity index (χ0n) is 16.9. The first-order valence-corrected chi connectivity index (χ1v) is 10.00. The average molecular weight is 444 g/mol. The normalized spacial score (nSPS) is 15.2. The third-order valence-corrected chi connectivity index (χ3v) is 5.67. The third-order valence-electron chi connectivity index (χ3n) is 5.67. The van der Waals surface area contributed by atoms with Crippen LogP contribution in [-0.2, 0) is 4.79 Å². The van der Waals surface area contributed by atoms with Crippen LogP contribution in [0.5, 0.6) is 17.2 Å². The number of hydrogen-bond acceptors (Lipinski definition) is 7. The molecule has 8 heteroatoms. The number of fused-ring (bicyclic) bond motifs is 3. The number of aromatic carboxylic acids is 1. The Morgan fingerprint density at radius 2 is 1.64 bits per heavy atom. The first-order valence-electron chi connectivity index (χ1n) is 10.00. The summed E-state index contributed by atoms with van der Waals surface area (Å²) in [5.74, 6) is -4.02. The van der Waals surface area contributed by atoms with Crippen LogP contribution in [0.15, 0.2) is 69.9 Å². The first-order chi connectivity index (χ1) is 15.8. The van der Waals surface area contributed by atoms with Crippen LogP contribution in [0.3, 0.4) is 0 Å². The van der Waals surface area contributed by atoms with Gasteiger partial charge in [-0.15, -0.1) is 0 Å². The van der Waals surface area contributed by atoms with Gasteiger partial charge in [0.25, 0.3) is 0 Å². The van der Waals surface area contributed by atoms with Gasteiger partial charge in [0.1, 0.15) is 16.7 Å². The fourth-order valence-corrected chi connectivity index (χ4v) is 4.10. The van der Waals surface area contributed by atoms with Crippen molar-refractivity contribution in [2.75, 3.05) is 0 Å². The van der Waals surface area contributed by atoms with Crippen molar-refractivity contribution in [2.45, 2.75) is 12.3 Å². The van der Waals surface area contributed by atoms with Crippen LogP contribution >= 0.6 is 0 Å². The maximum Gasteiger partial charge on any atom is 0.335 e. The van der Waals surface area contributed by atoms with Crippen LogP contribution in [0.1, 0.15) is 33.8 Å². The summed E-state index contributed by atoms with van der Waals surface area (Å²) in [4.78, 5) is 36.5. The van der Waals surface area contributed by atoms with Crippen molar-refractivity contribution in [1.82, 2.24) is 0 Å². The molecule has 8 nitrogen and oxygen atoms in total. The number of carboxylic acids is 1. The number of carbonyl (C=O) groups excluding carboxylic acids is 1. The van der Waals surface area contributed by atoms with Crippen molar-refractivity contribution in [1.29, 1.82) is 0 Å². The lowest BCUT2D eigenvalue weighted by molar-refractivity contribution is -0.135. The summed E-state index contributed by atoms with van der Waals surface area (Å²) in [6.45, 7) is 0. The first kappa shape index (κ1) is 20.3. The van der Waals surface area contributed by atoms with E-state index in [-0.39, 0.29) is 40.0 Å². The molecule has 0 saturated carbocycles. The summed E-state index contributed by atoms with van der Waals surface area (Å²) in [7, 11) is 0. The summed E-state index contributed by atoms with van der Waals surface area (Å²) in [5.41, 5.74) is 0.852. The van der Waals surface area contributed by atoms with Gasteiger partial charge in [-0.05, 0) is 17.7 Å². The van der Waals surface area contributed by atoms with E-state index in [9.17, 15) is 29.7 Å². The molecular formula is C25H16O8. The molecule has 1 aliphatic rings. The average Bonchev–Trinajstić information content (AvgIpc) is 2.82. The van der Waals surface area contributed by atoms with Gasteiger partial charge in [0.2, 0.25) is 5.75 Å². The lowest BCUT2D eigenvalue weighted by Crippen LogP contribution is -2.22. The zero-order valence-corrected chi connectivity index (χ0v) is 16.9. The van der Waals surface area contributed by atoms with Gasteiger partial charge in [-0.3, -0.25) is 9.59 Å². The predicted octanol–water partition coefficient (Wildman–Crippen LogP) is 4.01. The van der Waals surface area contributed by atoms with Crippen molar-refractivity contribution >= 4 is 22.9 Å². The third kappa shape index (κ3) is 3.28. The van der Waals surface area contributed by atoms with E-state index in [0.29, 0.717) is 11.1 Å². The van der Waals surface area contributed by atoms with Gasteiger partial charge >= 0.3 is 11.9 Å². The van der Waals surface area contributed by atoms with Gasteiger partial charge in [0.05, 0.1) is 17.5 Å². The molecule has 0 aliphatic carbocycles. The van der Waals surface area contributed by atoms with E-state index in [0.717, 1.165) is 0 Å². The Labute approximate surface area is 185 Å². The van der Waals surface area contributed by atoms with Gasteiger partial charge < -0.3 is 24.5 Å². The summed E-state index contributed by atoms with van der Waals surface area (Å²) < 4.78 is 11.3. The Morgan fingerprint density at radius 3 is 2.30 bits per heavy atom. The fraction of sp³-hybridized carbons (Fsp3) is 0.0800. The second-order valence-corrected chi connectivity index (χ2v) is 7.64. The van der Waals surface area contributed by atoms with E-state index in [4.69, 9.17) is 9.15 Å². The summed E-state index contributed by atoms with van der Waals surface area (Å²) in [6, 6.07) is 16.0. The Balaban J connectivity index is 1.82. The molecule has 3 N–H and O–H groups in total. The molecule has 1 aliphatic heterocycles. The minimum atomic E-state index is -1.10. The van der Waals surface area contributed by atoms with Crippen molar-refractivity contribution in [3.05, 3.63) is 87.6 Å². The predicted molar refractivity (Wildman–Crippen MR) is 117 cm³/mol. The molecule has 5 rings (SSSR count). The second-order valence-electron chi connectivity index (χ2n) is 7.64. The Morgan fingerprint density at radius 1 is 0.939 bits per heavy atom. The number of esters is 1. The van der Waals surface area contributed by atoms with Crippen molar-refractivity contribution in [3.63, 3.8) is 0 Å². The highest BCUT2D eigenvalue weighted by Crippen LogP contribution is 2.52. The number of phenolic OH excluding ortho intramolecular Hbond substituents is 2. The lowest BCUT2D eigenvalue weighted by Gasteiger charge is -2.26. The van der Waals surface area contributed by atoms with E-state index in [1.54, 1.807) is 36.4 Å². The number of benzene rings is 3. The van der Waals surface area contributed by atoms with E-state index in [2.05, 4.69) is 0 Å². The van der Waals surface area contributed by atoms with Crippen LogP contribution in [0.2, 0.25) is 0 Å². The fourth-order valence-electron chi connectivity index (χ4n) is 4.10. The molecule has 1 atom stereocenters. The molecule has 0 saturated heterocycles. The standard InChI is InChI=1S/C25H16O8/c26-16-11-17(13-4-2-1-3-5-13)32-23-19-15(12-6-8-14(9-7-12)25(30)31)10-18(27)33-24(19)22(29)21(28)20(16)23/h1-9,11,15,28-29H,10H2,(H,30,31). The highest BCUT2D eigenvalue weighted by molar-refractivity contribution is 5.96. The summed E-state index contributed by atoms with van der Waals surface area (Å²) in [5, 5.41) is 30.0. The number of phenols is 2. The van der Waals surface area contributed by atoms with E-state index >= 15 is 0 Å². The number of aromatic hydroxyl groups is 2. The molecule has 0 spiro atoms. The summed E-state index contributed by atoms with van der Waals surface area (Å²) in [6.07, 6.45) is -0.141. The SMILES string of the molecule is O=C1CC(c2ccc(C(=O)O)cc2)c2c(c(O)c(O)c3c(=O)cc(-c4ccccc4)oc23)O1. The quantitative estimate of drug-likeness (QED) is 0.245. The Bertz CT molecular complexity index is 1480. The number of ether oxygens (including phenoxy) is 1. The highest BCUT2D eigenvalue weighted by Gasteiger charge is 2.36. The molecule has 1 aromatic heterocycles. The van der Waals surface area contributed by atoms with Crippen molar-refractivity contribution in [2.24, 2.45) is 0 Å². The molecule has 0 amide bonds. The maximum atomic E-state index is 13.0. The largest absolute Gasteiger partial charge is 0.504 e. The number of hydrogen-bond donors (Lipinski definition) is 3. The molecule has 33 heavy (non-hydrogen) atoms. The van der Waals surface area contributed by atoms with Crippen LogP contribution < -0.4 is 10.2 Å². The van der Waals surface area contributed by atoms with Gasteiger partial charge in [0, 0.05) is 17.5 Å². The molecule has 4 aromatic rings. The number of rotatable bonds is 3. The van der Waals surface area contributed by atoms with Crippen LogP contribution in [0.4, 0.5) is 0 Å². The molecule has 164 valence electrons. The van der Waals surface area contributed by atoms with Crippen LogP contribution in [-0.4, -0.2) is 27.3 Å². The minimum absolute atomic E-state index is 0.0218. The van der Waals surface area contributed by atoms with Gasteiger partial charge in [0.15, 0.2) is 16.9 Å². The van der Waals surface area contributed by atoms with Crippen LogP contribution in [0, 0.1) is 0 Å². The molecule has 0 fully saturated rings. The van der Waals surface area contributed by atoms with E-state index in [1.165, 1.54) is 18.2 Å². The molecule has 3 aromatic carbocycles. The van der Waals surface area contributed by atoms with Crippen LogP contribution in [0.25, 0.3) is 22.3 Å². The smallest absolute Gasteiger partial charge is 0.335 e. The number of carboxylic acid groups (broad SMARTS) is 1. The Kier molecular flexibility index (Phi) is 4.63. The van der Waals surface area contributed by atoms with Gasteiger partial charge in [-0.1, -0.05) is 42.5 Å². The van der Waals surface area contributed by atoms with E-state index in [1.807, 2.05) is 6.07 Å². The molecule has 0 bridgehead atoms. The van der Waals surface area contributed by atoms with Gasteiger partial charge in [-0.2, -0.15) is 0 Å². The topological polar surface area (TPSA) is 134 Å². The lowest BCUT2D eigenvalue weighted by atomic mass is 9.84. The summed E-state index contributed by atoms with van der Waals surface area (Å²) >= 11 is 0. The van der Waals surface area contributed by atoms with E-state index < -0.39 is 34.8 Å². The van der Waals surface area contributed by atoms with Gasteiger partial charge in [-0.25, -0.2) is 4.79 Å². The molecule has 0 radical (unpaired) electrons. The molecule has 1 unspecified atom stereocenters. The Hall–Kier alpha value is -4.59. The molecular weight excluding hydrogens is 428 g/mol. The van der Waals surface area contributed by atoms with Crippen molar-refractivity contribution in [3.8, 4) is 28.6 Å². The monoisotopic (exact) mass is 444 g/mol. The highest BCUT2D eigenvalue weighted by atomic mass is 16.5. The molecule has 2 heterocycles. The van der Waals surface area contributed by atoms with Crippen molar-refractivity contribution < 1.29 is 34.1 Å². The maximum absolute atomic E-state index is 13.0. The minimum Gasteiger partial charge on any atom is -0.504 e. The zero-order chi connectivity index (χ0) is 23.3. The second kappa shape index (κ2) is 7.52.